The molecule has 0 spiro atoms. The molecule has 1 fully saturated rings. The van der Waals surface area contributed by atoms with Crippen molar-refractivity contribution in [3.63, 3.8) is 0 Å². The molecule has 1 amide bonds. The first-order valence-corrected chi connectivity index (χ1v) is 17.7. The van der Waals surface area contributed by atoms with Crippen molar-refractivity contribution >= 4 is 64.5 Å². The van der Waals surface area contributed by atoms with Crippen LogP contribution in [0.4, 0.5) is 37.3 Å². The minimum absolute atomic E-state index is 0.0827. The van der Waals surface area contributed by atoms with Crippen LogP contribution < -0.4 is 19.9 Å². The molecule has 3 heterocycles. The van der Waals surface area contributed by atoms with Crippen LogP contribution in [-0.4, -0.2) is 78.7 Å². The summed E-state index contributed by atoms with van der Waals surface area (Å²) >= 11 is 4.59. The molecular formula is C29H28BrF6N7O4S2. The zero-order valence-electron chi connectivity index (χ0n) is 25.7. The second-order valence-electron chi connectivity index (χ2n) is 10.6. The topological polar surface area (TPSA) is 121 Å². The molecule has 49 heavy (non-hydrogen) atoms. The number of nitrogens with one attached hydrogen (secondary N) is 1. The number of alkyl halides is 6. The number of fused-ring (bicyclic) bond motifs is 1. The lowest BCUT2D eigenvalue weighted by atomic mass is 10.1. The molecule has 2 aromatic heterocycles. The Kier molecular flexibility index (Phi) is 10.6. The minimum Gasteiger partial charge on any atom is -0.406 e. The Morgan fingerprint density at radius 1 is 1.00 bits per heavy atom. The summed E-state index contributed by atoms with van der Waals surface area (Å²) in [6.45, 7) is 4.76. The van der Waals surface area contributed by atoms with Gasteiger partial charge in [0, 0.05) is 39.3 Å². The Morgan fingerprint density at radius 3 is 2.24 bits per heavy atom. The predicted molar refractivity (Wildman–Crippen MR) is 173 cm³/mol. The van der Waals surface area contributed by atoms with Gasteiger partial charge in [0.05, 0.1) is 10.5 Å². The fraction of sp³-hybridized carbons (Fsp3) is 0.379. The van der Waals surface area contributed by atoms with Crippen LogP contribution in [0.1, 0.15) is 25.0 Å². The van der Waals surface area contributed by atoms with E-state index in [-0.39, 0.29) is 26.2 Å². The van der Waals surface area contributed by atoms with Gasteiger partial charge in [-0.1, -0.05) is 23.5 Å². The van der Waals surface area contributed by atoms with Crippen molar-refractivity contribution in [1.29, 1.82) is 0 Å². The third-order valence-corrected chi connectivity index (χ3v) is 11.0. The molecule has 0 aliphatic carbocycles. The van der Waals surface area contributed by atoms with Crippen LogP contribution in [0.5, 0.6) is 5.75 Å². The maximum absolute atomic E-state index is 13.8. The van der Waals surface area contributed by atoms with Crippen LogP contribution in [0.2, 0.25) is 0 Å². The smallest absolute Gasteiger partial charge is 0.406 e. The molecule has 1 aliphatic heterocycles. The number of halogens is 7. The normalized spacial score (nSPS) is 16.2. The monoisotopic (exact) mass is 795 g/mol. The van der Waals surface area contributed by atoms with Gasteiger partial charge in [-0.05, 0) is 71.7 Å². The Labute approximate surface area is 289 Å². The van der Waals surface area contributed by atoms with E-state index >= 15 is 0 Å². The fourth-order valence-electron chi connectivity index (χ4n) is 5.15. The van der Waals surface area contributed by atoms with Crippen LogP contribution >= 0.6 is 27.3 Å². The molecule has 0 unspecified atom stereocenters. The summed E-state index contributed by atoms with van der Waals surface area (Å²) in [5, 5.41) is 3.07. The number of benzene rings is 2. The quantitative estimate of drug-likeness (QED) is 0.157. The molecule has 11 nitrogen and oxygen atoms in total. The van der Waals surface area contributed by atoms with E-state index in [1.807, 2.05) is 18.7 Å². The Morgan fingerprint density at radius 2 is 1.65 bits per heavy atom. The number of aromatic nitrogens is 3. The molecule has 20 heteroatoms. The summed E-state index contributed by atoms with van der Waals surface area (Å²) in [7, 11) is -4.48. The number of hydrogen-bond acceptors (Lipinski definition) is 10. The molecule has 1 saturated heterocycles. The fourth-order valence-corrected chi connectivity index (χ4v) is 8.12. The molecule has 2 aromatic carbocycles. The third kappa shape index (κ3) is 8.35. The lowest BCUT2D eigenvalue weighted by Crippen LogP contribution is -2.60. The van der Waals surface area contributed by atoms with Gasteiger partial charge >= 0.3 is 12.5 Å². The van der Waals surface area contributed by atoms with Crippen molar-refractivity contribution in [2.45, 2.75) is 43.9 Å². The average Bonchev–Trinajstić information content (AvgIpc) is 3.47. The number of ether oxygens (including phenoxy) is 1. The number of rotatable bonds is 10. The molecule has 1 aliphatic rings. The van der Waals surface area contributed by atoms with Crippen molar-refractivity contribution in [1.82, 2.24) is 24.6 Å². The highest BCUT2D eigenvalue weighted by Gasteiger charge is 2.41. The number of thiazole rings is 1. The van der Waals surface area contributed by atoms with E-state index in [9.17, 15) is 39.6 Å². The Balaban J connectivity index is 1.44. The van der Waals surface area contributed by atoms with Crippen LogP contribution in [0.3, 0.4) is 0 Å². The van der Waals surface area contributed by atoms with E-state index in [1.165, 1.54) is 23.5 Å². The number of carbonyl (C=O) groups excluding carboxylic acids is 1. The summed E-state index contributed by atoms with van der Waals surface area (Å²) in [6, 6.07) is 6.35. The summed E-state index contributed by atoms with van der Waals surface area (Å²) in [5.74, 6) is -0.561. The van der Waals surface area contributed by atoms with Gasteiger partial charge in [0.2, 0.25) is 20.7 Å². The maximum Gasteiger partial charge on any atom is 0.573 e. The highest BCUT2D eigenvalue weighted by Crippen LogP contribution is 2.37. The molecule has 0 saturated carbocycles. The zero-order valence-corrected chi connectivity index (χ0v) is 28.9. The molecule has 5 rings (SSSR count). The van der Waals surface area contributed by atoms with Crippen molar-refractivity contribution in [3.05, 3.63) is 64.4 Å². The summed E-state index contributed by atoms with van der Waals surface area (Å²) < 4.78 is 111. The van der Waals surface area contributed by atoms with Gasteiger partial charge < -0.3 is 19.9 Å². The number of hydrogen-bond donors (Lipinski definition) is 1. The number of carbonyl (C=O) groups is 1. The molecule has 1 N–H and O–H groups in total. The molecule has 0 bridgehead atoms. The first-order valence-electron chi connectivity index (χ1n) is 14.7. The highest BCUT2D eigenvalue weighted by molar-refractivity contribution is 9.10. The van der Waals surface area contributed by atoms with Crippen LogP contribution in [0, 0.1) is 0 Å². The SMILES string of the molecule is CCN(CC)c1nc(Br)nc2nc(N3CCN(S(=O)(=O)c4ccc(C(F)(F)F)cc4)[C@@H](C(=O)NCc4ccc(OC(F)(F)F)cc4)C3)sc12. The van der Waals surface area contributed by atoms with Gasteiger partial charge in [-0.3, -0.25) is 4.79 Å². The van der Waals surface area contributed by atoms with Crippen LogP contribution in [0.25, 0.3) is 10.3 Å². The lowest BCUT2D eigenvalue weighted by Gasteiger charge is -2.39. The van der Waals surface area contributed by atoms with Gasteiger partial charge in [0.25, 0.3) is 0 Å². The molecular weight excluding hydrogens is 768 g/mol. The average molecular weight is 797 g/mol. The van der Waals surface area contributed by atoms with E-state index in [4.69, 9.17) is 0 Å². The van der Waals surface area contributed by atoms with Gasteiger partial charge in [0.15, 0.2) is 16.6 Å². The molecule has 4 aromatic rings. The number of anilines is 2. The molecule has 264 valence electrons. The van der Waals surface area contributed by atoms with Crippen molar-refractivity contribution in [2.75, 3.05) is 42.5 Å². The number of nitrogens with zero attached hydrogens (tertiary/aromatic N) is 6. The summed E-state index contributed by atoms with van der Waals surface area (Å²) in [6.07, 6.45) is -9.57. The highest BCUT2D eigenvalue weighted by atomic mass is 79.9. The third-order valence-electron chi connectivity index (χ3n) is 7.58. The Bertz CT molecular complexity index is 1910. The zero-order chi connectivity index (χ0) is 35.7. The number of amides is 1. The number of sulfonamides is 1. The lowest BCUT2D eigenvalue weighted by molar-refractivity contribution is -0.274. The summed E-state index contributed by atoms with van der Waals surface area (Å²) in [4.78, 5) is 30.5. The van der Waals surface area contributed by atoms with Crippen molar-refractivity contribution in [3.8, 4) is 5.75 Å². The molecule has 0 radical (unpaired) electrons. The first kappa shape index (κ1) is 36.5. The Hall–Kier alpha value is -3.75. The summed E-state index contributed by atoms with van der Waals surface area (Å²) in [5.41, 5.74) is -0.249. The second-order valence-corrected chi connectivity index (χ2v) is 14.2. The second kappa shape index (κ2) is 14.2. The van der Waals surface area contributed by atoms with E-state index < -0.39 is 50.7 Å². The first-order chi connectivity index (χ1) is 23.0. The molecule has 1 atom stereocenters. The standard InChI is InChI=1S/C29H28BrF6N7O4S2/c1-3-41(4-2)24-22-23(38-26(30)40-24)39-27(48-22)42-13-14-43(49(45,46)20-11-7-18(8-12-20)28(31,32)33)21(16-42)25(44)37-15-17-5-9-19(10-6-17)47-29(34,35)36/h5-12,21H,3-4,13-16H2,1-2H3,(H,37,44)/t21-/m1/s1. The van der Waals surface area contributed by atoms with E-state index in [2.05, 4.69) is 40.9 Å². The van der Waals surface area contributed by atoms with Gasteiger partial charge in [0.1, 0.15) is 16.5 Å². The van der Waals surface area contributed by atoms with Gasteiger partial charge in [-0.2, -0.15) is 22.5 Å². The minimum atomic E-state index is -4.89. The predicted octanol–water partition coefficient (Wildman–Crippen LogP) is 5.81. The van der Waals surface area contributed by atoms with Crippen molar-refractivity contribution < 1.29 is 44.3 Å². The van der Waals surface area contributed by atoms with Gasteiger partial charge in [-0.25, -0.2) is 18.4 Å². The van der Waals surface area contributed by atoms with Crippen LogP contribution in [0.15, 0.2) is 58.2 Å². The van der Waals surface area contributed by atoms with Crippen LogP contribution in [-0.2, 0) is 27.5 Å². The number of piperazine rings is 1. The van der Waals surface area contributed by atoms with E-state index in [1.54, 1.807) is 4.90 Å². The largest absolute Gasteiger partial charge is 0.573 e. The maximum atomic E-state index is 13.8. The van der Waals surface area contributed by atoms with Crippen molar-refractivity contribution in [2.24, 2.45) is 0 Å². The van der Waals surface area contributed by atoms with Gasteiger partial charge in [-0.15, -0.1) is 13.2 Å². The van der Waals surface area contributed by atoms with E-state index in [0.717, 1.165) is 28.6 Å². The van der Waals surface area contributed by atoms with E-state index in [0.29, 0.717) is 56.8 Å².